The smallest absolute Gasteiger partial charge is 0.191 e. The van der Waals surface area contributed by atoms with E-state index >= 15 is 0 Å². The Labute approximate surface area is 177 Å². The Morgan fingerprint density at radius 2 is 1.86 bits per heavy atom. The van der Waals surface area contributed by atoms with Crippen LogP contribution in [0, 0.1) is 0 Å². The van der Waals surface area contributed by atoms with E-state index in [1.807, 2.05) is 29.5 Å². The molecule has 0 unspecified atom stereocenters. The lowest BCUT2D eigenvalue weighted by atomic mass is 10.2. The molecule has 4 nitrogen and oxygen atoms in total. The zero-order valence-corrected chi connectivity index (χ0v) is 18.4. The van der Waals surface area contributed by atoms with Crippen molar-refractivity contribution in [3.63, 3.8) is 0 Å². The summed E-state index contributed by atoms with van der Waals surface area (Å²) in [4.78, 5) is 6.19. The van der Waals surface area contributed by atoms with Gasteiger partial charge in [-0.25, -0.2) is 4.98 Å². The van der Waals surface area contributed by atoms with Crippen LogP contribution in [0.1, 0.15) is 30.8 Å². The van der Waals surface area contributed by atoms with Crippen LogP contribution < -0.4 is 0 Å². The van der Waals surface area contributed by atoms with Gasteiger partial charge in [-0.15, -0.1) is 32.9 Å². The Bertz CT molecular complexity index is 1030. The number of benzene rings is 1. The van der Waals surface area contributed by atoms with E-state index in [-0.39, 0.29) is 0 Å². The molecule has 0 amide bonds. The molecule has 0 saturated carbocycles. The van der Waals surface area contributed by atoms with Gasteiger partial charge in [0, 0.05) is 39.1 Å². The van der Waals surface area contributed by atoms with Crippen LogP contribution in [0.4, 0.5) is 0 Å². The summed E-state index contributed by atoms with van der Waals surface area (Å²) in [6, 6.07) is 12.6. The number of nitrogens with zero attached hydrogens (tertiary/aromatic N) is 4. The topological polar surface area (TPSA) is 43.6 Å². The largest absolute Gasteiger partial charge is 0.302 e. The quantitative estimate of drug-likeness (QED) is 0.306. The summed E-state index contributed by atoms with van der Waals surface area (Å²) < 4.78 is 2.20. The molecule has 0 radical (unpaired) electrons. The van der Waals surface area contributed by atoms with E-state index in [9.17, 15) is 0 Å². The lowest BCUT2D eigenvalue weighted by Gasteiger charge is -2.05. The van der Waals surface area contributed by atoms with Gasteiger partial charge in [-0.2, -0.15) is 0 Å². The average Bonchev–Trinajstić information content (AvgIpc) is 3.46. The molecule has 3 heterocycles. The first-order valence-corrected chi connectivity index (χ1v) is 12.2. The van der Waals surface area contributed by atoms with Crippen LogP contribution in [0.3, 0.4) is 0 Å². The Hall–Kier alpha value is -1.96. The number of hydrogen-bond acceptors (Lipinski definition) is 6. The average molecular weight is 427 g/mol. The first-order valence-electron chi connectivity index (χ1n) is 9.42. The van der Waals surface area contributed by atoms with Crippen LogP contribution in [0.25, 0.3) is 22.0 Å². The zero-order valence-electron chi connectivity index (χ0n) is 16.0. The van der Waals surface area contributed by atoms with Gasteiger partial charge in [0.15, 0.2) is 11.0 Å². The van der Waals surface area contributed by atoms with E-state index in [4.69, 9.17) is 4.98 Å². The Morgan fingerprint density at radius 3 is 2.64 bits per heavy atom. The van der Waals surface area contributed by atoms with Gasteiger partial charge in [-0.05, 0) is 19.4 Å². The van der Waals surface area contributed by atoms with Crippen LogP contribution >= 0.6 is 34.4 Å². The van der Waals surface area contributed by atoms with Gasteiger partial charge >= 0.3 is 0 Å². The number of hydrogen-bond donors (Lipinski definition) is 0. The fourth-order valence-electron chi connectivity index (χ4n) is 2.99. The molecule has 7 heteroatoms. The maximum Gasteiger partial charge on any atom is 0.191 e. The Kier molecular flexibility index (Phi) is 6.24. The van der Waals surface area contributed by atoms with E-state index in [2.05, 4.69) is 57.6 Å². The number of aromatic nitrogens is 4. The second-order valence-corrected chi connectivity index (χ2v) is 9.20. The van der Waals surface area contributed by atoms with E-state index in [0.29, 0.717) is 0 Å². The summed E-state index contributed by atoms with van der Waals surface area (Å²) in [5, 5.41) is 15.3. The summed E-state index contributed by atoms with van der Waals surface area (Å²) in [5.41, 5.74) is 3.43. The van der Waals surface area contributed by atoms with Crippen LogP contribution in [0.2, 0.25) is 0 Å². The predicted octanol–water partition coefficient (Wildman–Crippen LogP) is 6.39. The number of rotatable bonds is 8. The van der Waals surface area contributed by atoms with Crippen molar-refractivity contribution in [3.8, 4) is 22.0 Å². The number of aryl methyl sites for hydroxylation is 1. The zero-order chi connectivity index (χ0) is 19.3. The highest BCUT2D eigenvalue weighted by atomic mass is 32.2. The van der Waals surface area contributed by atoms with Gasteiger partial charge in [0.25, 0.3) is 0 Å². The summed E-state index contributed by atoms with van der Waals surface area (Å²) >= 11 is 5.21. The number of thioether (sulfide) groups is 1. The lowest BCUT2D eigenvalue weighted by molar-refractivity contribution is 0.687. The number of thiophene rings is 1. The molecule has 0 bridgehead atoms. The third-order valence-corrected chi connectivity index (χ3v) is 7.30. The van der Waals surface area contributed by atoms with Crippen LogP contribution in [0.15, 0.2) is 52.3 Å². The third kappa shape index (κ3) is 4.21. The van der Waals surface area contributed by atoms with Crippen molar-refractivity contribution < 1.29 is 0 Å². The molecule has 0 aliphatic heterocycles. The molecule has 0 atom stereocenters. The fraction of sp³-hybridized carbons (Fsp3) is 0.286. The molecule has 1 aromatic carbocycles. The van der Waals surface area contributed by atoms with Gasteiger partial charge in [-0.3, -0.25) is 0 Å². The minimum Gasteiger partial charge on any atom is -0.302 e. The minimum atomic E-state index is 0.798. The van der Waals surface area contributed by atoms with E-state index in [1.165, 1.54) is 22.4 Å². The van der Waals surface area contributed by atoms with Crippen molar-refractivity contribution >= 4 is 34.4 Å². The summed E-state index contributed by atoms with van der Waals surface area (Å²) in [5.74, 6) is 1.76. The van der Waals surface area contributed by atoms with Crippen molar-refractivity contribution in [2.24, 2.45) is 0 Å². The Balaban J connectivity index is 1.48. The summed E-state index contributed by atoms with van der Waals surface area (Å²) in [6.07, 6.45) is 2.29. The van der Waals surface area contributed by atoms with Gasteiger partial charge in [-0.1, -0.05) is 55.4 Å². The molecule has 4 aromatic rings. The van der Waals surface area contributed by atoms with E-state index in [0.717, 1.165) is 40.4 Å². The number of thiazole rings is 1. The highest BCUT2D eigenvalue weighted by Crippen LogP contribution is 2.31. The maximum absolute atomic E-state index is 4.78. The van der Waals surface area contributed by atoms with E-state index in [1.54, 1.807) is 23.1 Å². The van der Waals surface area contributed by atoms with Gasteiger partial charge in [0.05, 0.1) is 5.69 Å². The van der Waals surface area contributed by atoms with Crippen LogP contribution in [-0.2, 0) is 18.7 Å². The van der Waals surface area contributed by atoms with Gasteiger partial charge in [0.2, 0.25) is 0 Å². The van der Waals surface area contributed by atoms with Crippen LogP contribution in [0.5, 0.6) is 0 Å². The maximum atomic E-state index is 4.78. The van der Waals surface area contributed by atoms with Crippen molar-refractivity contribution in [3.05, 3.63) is 57.7 Å². The SMILES string of the molecule is CCCc1cc(-c2nnc(SCc3csc(-c4ccccc4)n3)n2CC)cs1. The predicted molar refractivity (Wildman–Crippen MR) is 120 cm³/mol. The molecule has 0 spiro atoms. The lowest BCUT2D eigenvalue weighted by Crippen LogP contribution is -1.99. The molecule has 4 rings (SSSR count). The van der Waals surface area contributed by atoms with E-state index < -0.39 is 0 Å². The van der Waals surface area contributed by atoms with Crippen molar-refractivity contribution in [2.75, 3.05) is 0 Å². The first kappa shape index (κ1) is 19.4. The third-order valence-electron chi connectivity index (χ3n) is 4.36. The molecule has 144 valence electrons. The van der Waals surface area contributed by atoms with Crippen molar-refractivity contribution in [1.82, 2.24) is 19.7 Å². The summed E-state index contributed by atoms with van der Waals surface area (Å²) in [7, 11) is 0. The molecule has 0 saturated heterocycles. The monoisotopic (exact) mass is 426 g/mol. The first-order chi connectivity index (χ1) is 13.8. The molecular formula is C21H22N4S3. The molecule has 28 heavy (non-hydrogen) atoms. The standard InChI is InChI=1S/C21H22N4S3/c1-3-8-18-11-16(12-26-18)19-23-24-21(25(19)4-2)28-14-17-13-27-20(22-17)15-9-6-5-7-10-15/h5-7,9-13H,3-4,8,14H2,1-2H3. The van der Waals surface area contributed by atoms with Crippen LogP contribution in [-0.4, -0.2) is 19.7 Å². The highest BCUT2D eigenvalue weighted by molar-refractivity contribution is 7.98. The summed E-state index contributed by atoms with van der Waals surface area (Å²) in [6.45, 7) is 5.22. The second kappa shape index (κ2) is 9.03. The van der Waals surface area contributed by atoms with Crippen molar-refractivity contribution in [1.29, 1.82) is 0 Å². The molecule has 0 N–H and O–H groups in total. The fourth-order valence-corrected chi connectivity index (χ4v) is 5.79. The molecule has 0 aliphatic rings. The molecule has 0 fully saturated rings. The normalized spacial score (nSPS) is 11.2. The van der Waals surface area contributed by atoms with Gasteiger partial charge < -0.3 is 4.57 Å². The molecule has 3 aromatic heterocycles. The minimum absolute atomic E-state index is 0.798. The molecular weight excluding hydrogens is 404 g/mol. The van der Waals surface area contributed by atoms with Gasteiger partial charge in [0.1, 0.15) is 5.01 Å². The van der Waals surface area contributed by atoms with Crippen molar-refractivity contribution in [2.45, 2.75) is 44.1 Å². The highest BCUT2D eigenvalue weighted by Gasteiger charge is 2.15. The Morgan fingerprint density at radius 1 is 1.00 bits per heavy atom. The second-order valence-electron chi connectivity index (χ2n) is 6.40. The molecule has 0 aliphatic carbocycles.